The lowest BCUT2D eigenvalue weighted by molar-refractivity contribution is -0.385. The SMILES string of the molecule is CCC1=C(CC)C(=O)N(c2ccc([N+](=O)[O-])c(O)c2)C1=O. The van der Waals surface area contributed by atoms with E-state index in [1.165, 1.54) is 6.07 Å². The molecule has 21 heavy (non-hydrogen) atoms. The Hall–Kier alpha value is -2.70. The van der Waals surface area contributed by atoms with Crippen LogP contribution in [0.2, 0.25) is 0 Å². The molecule has 0 aromatic heterocycles. The summed E-state index contributed by atoms with van der Waals surface area (Å²) in [6.07, 6.45) is 0.867. The van der Waals surface area contributed by atoms with Crippen LogP contribution in [0, 0.1) is 10.1 Å². The Morgan fingerprint density at radius 2 is 1.67 bits per heavy atom. The van der Waals surface area contributed by atoms with Gasteiger partial charge in [-0.3, -0.25) is 19.7 Å². The predicted octanol–water partition coefficient (Wildman–Crippen LogP) is 2.29. The molecule has 1 aliphatic rings. The number of phenolic OH excluding ortho intramolecular Hbond substituents is 1. The van der Waals surface area contributed by atoms with E-state index in [9.17, 15) is 24.8 Å². The number of anilines is 1. The van der Waals surface area contributed by atoms with Crippen LogP contribution < -0.4 is 4.90 Å². The Morgan fingerprint density at radius 3 is 2.05 bits per heavy atom. The van der Waals surface area contributed by atoms with Gasteiger partial charge < -0.3 is 5.11 Å². The predicted molar refractivity (Wildman–Crippen MR) is 74.9 cm³/mol. The van der Waals surface area contributed by atoms with E-state index in [2.05, 4.69) is 0 Å². The number of amides is 2. The van der Waals surface area contributed by atoms with Gasteiger partial charge in [-0.2, -0.15) is 0 Å². The van der Waals surface area contributed by atoms with Crippen LogP contribution in [-0.4, -0.2) is 21.8 Å². The molecule has 1 aromatic carbocycles. The lowest BCUT2D eigenvalue weighted by Gasteiger charge is -2.15. The first-order chi connectivity index (χ1) is 9.92. The van der Waals surface area contributed by atoms with Crippen molar-refractivity contribution in [3.05, 3.63) is 39.5 Å². The Morgan fingerprint density at radius 1 is 1.14 bits per heavy atom. The van der Waals surface area contributed by atoms with Crippen LogP contribution in [0.15, 0.2) is 29.3 Å². The standard InChI is InChI=1S/C14H14N2O5/c1-3-9-10(4-2)14(19)15(13(9)18)8-5-6-11(16(20)21)12(17)7-8/h5-7,17H,3-4H2,1-2H3. The van der Waals surface area contributed by atoms with Crippen LogP contribution in [0.3, 0.4) is 0 Å². The second-order valence-electron chi connectivity index (χ2n) is 4.54. The van der Waals surface area contributed by atoms with Gasteiger partial charge in [-0.05, 0) is 18.9 Å². The van der Waals surface area contributed by atoms with Crippen LogP contribution in [-0.2, 0) is 9.59 Å². The quantitative estimate of drug-likeness (QED) is 0.521. The molecular formula is C14H14N2O5. The number of carbonyl (C=O) groups excluding carboxylic acids is 2. The molecule has 1 aliphatic heterocycles. The van der Waals surface area contributed by atoms with Gasteiger partial charge in [0.05, 0.1) is 10.6 Å². The molecule has 1 heterocycles. The van der Waals surface area contributed by atoms with Gasteiger partial charge in [-0.25, -0.2) is 4.90 Å². The van der Waals surface area contributed by atoms with E-state index >= 15 is 0 Å². The third-order valence-corrected chi connectivity index (χ3v) is 3.41. The number of aromatic hydroxyl groups is 1. The molecule has 0 saturated heterocycles. The summed E-state index contributed by atoms with van der Waals surface area (Å²) in [6, 6.07) is 3.40. The summed E-state index contributed by atoms with van der Waals surface area (Å²) in [5, 5.41) is 20.3. The molecule has 1 N–H and O–H groups in total. The normalized spacial score (nSPS) is 15.0. The monoisotopic (exact) mass is 290 g/mol. The Kier molecular flexibility index (Phi) is 3.75. The van der Waals surface area contributed by atoms with Gasteiger partial charge in [0.15, 0.2) is 5.75 Å². The molecule has 1 aromatic rings. The van der Waals surface area contributed by atoms with E-state index in [-0.39, 0.29) is 5.69 Å². The average molecular weight is 290 g/mol. The number of nitrogens with zero attached hydrogens (tertiary/aromatic N) is 2. The van der Waals surface area contributed by atoms with E-state index in [0.717, 1.165) is 17.0 Å². The highest BCUT2D eigenvalue weighted by molar-refractivity contribution is 6.32. The summed E-state index contributed by atoms with van der Waals surface area (Å²) in [5.41, 5.74) is 0.542. The number of imide groups is 1. The highest BCUT2D eigenvalue weighted by Crippen LogP contribution is 2.35. The number of nitro benzene ring substituents is 1. The zero-order valence-corrected chi connectivity index (χ0v) is 11.6. The van der Waals surface area contributed by atoms with Crippen LogP contribution in [0.4, 0.5) is 11.4 Å². The molecule has 0 unspecified atom stereocenters. The van der Waals surface area contributed by atoms with Gasteiger partial charge in [0, 0.05) is 23.3 Å². The van der Waals surface area contributed by atoms with Crippen molar-refractivity contribution in [2.45, 2.75) is 26.7 Å². The van der Waals surface area contributed by atoms with E-state index < -0.39 is 28.2 Å². The summed E-state index contributed by atoms with van der Waals surface area (Å²) >= 11 is 0. The van der Waals surface area contributed by atoms with Crippen LogP contribution in [0.1, 0.15) is 26.7 Å². The highest BCUT2D eigenvalue weighted by Gasteiger charge is 2.37. The molecule has 0 spiro atoms. The molecule has 0 bridgehead atoms. The molecule has 110 valence electrons. The fraction of sp³-hybridized carbons (Fsp3) is 0.286. The Bertz CT molecular complexity index is 652. The zero-order chi connectivity index (χ0) is 15.7. The largest absolute Gasteiger partial charge is 0.502 e. The Balaban J connectivity index is 2.45. The number of hydrogen-bond donors (Lipinski definition) is 1. The maximum Gasteiger partial charge on any atom is 0.310 e. The van der Waals surface area contributed by atoms with E-state index in [1.54, 1.807) is 13.8 Å². The average Bonchev–Trinajstić information content (AvgIpc) is 2.68. The van der Waals surface area contributed by atoms with Crippen molar-refractivity contribution < 1.29 is 19.6 Å². The highest BCUT2D eigenvalue weighted by atomic mass is 16.6. The van der Waals surface area contributed by atoms with Crippen molar-refractivity contribution in [1.82, 2.24) is 0 Å². The molecule has 0 radical (unpaired) electrons. The van der Waals surface area contributed by atoms with Crippen molar-refractivity contribution in [3.63, 3.8) is 0 Å². The summed E-state index contributed by atoms with van der Waals surface area (Å²) < 4.78 is 0. The van der Waals surface area contributed by atoms with Crippen molar-refractivity contribution in [3.8, 4) is 5.75 Å². The van der Waals surface area contributed by atoms with Gasteiger partial charge in [0.2, 0.25) is 0 Å². The summed E-state index contributed by atoms with van der Waals surface area (Å²) in [7, 11) is 0. The lowest BCUT2D eigenvalue weighted by Crippen LogP contribution is -2.31. The van der Waals surface area contributed by atoms with E-state index in [1.807, 2.05) is 0 Å². The number of benzene rings is 1. The van der Waals surface area contributed by atoms with E-state index in [0.29, 0.717) is 24.0 Å². The molecule has 0 fully saturated rings. The smallest absolute Gasteiger partial charge is 0.310 e. The van der Waals surface area contributed by atoms with Crippen molar-refractivity contribution in [2.75, 3.05) is 4.90 Å². The first-order valence-electron chi connectivity index (χ1n) is 6.50. The first kappa shape index (κ1) is 14.7. The van der Waals surface area contributed by atoms with Gasteiger partial charge in [-0.1, -0.05) is 13.8 Å². The molecule has 2 amide bonds. The maximum atomic E-state index is 12.3. The first-order valence-corrected chi connectivity index (χ1v) is 6.50. The van der Waals surface area contributed by atoms with Crippen LogP contribution >= 0.6 is 0 Å². The second kappa shape index (κ2) is 5.35. The number of phenols is 1. The molecule has 7 nitrogen and oxygen atoms in total. The van der Waals surface area contributed by atoms with Gasteiger partial charge >= 0.3 is 5.69 Å². The minimum atomic E-state index is -0.736. The third kappa shape index (κ3) is 2.26. The summed E-state index contributed by atoms with van der Waals surface area (Å²) in [6.45, 7) is 3.57. The topological polar surface area (TPSA) is 101 Å². The maximum absolute atomic E-state index is 12.3. The summed E-state index contributed by atoms with van der Waals surface area (Å²) in [4.78, 5) is 35.4. The molecule has 7 heteroatoms. The zero-order valence-electron chi connectivity index (χ0n) is 11.6. The molecule has 0 aliphatic carbocycles. The Labute approximate surface area is 120 Å². The van der Waals surface area contributed by atoms with Crippen molar-refractivity contribution >= 4 is 23.2 Å². The van der Waals surface area contributed by atoms with Crippen LogP contribution in [0.5, 0.6) is 5.75 Å². The lowest BCUT2D eigenvalue weighted by atomic mass is 10.1. The number of nitro groups is 1. The number of rotatable bonds is 4. The molecule has 0 atom stereocenters. The van der Waals surface area contributed by atoms with Gasteiger partial charge in [-0.15, -0.1) is 0 Å². The minimum Gasteiger partial charge on any atom is -0.502 e. The second-order valence-corrected chi connectivity index (χ2v) is 4.54. The summed E-state index contributed by atoms with van der Waals surface area (Å²) in [5.74, 6) is -1.46. The molecule has 0 saturated carbocycles. The third-order valence-electron chi connectivity index (χ3n) is 3.41. The number of hydrogen-bond acceptors (Lipinski definition) is 5. The van der Waals surface area contributed by atoms with Crippen molar-refractivity contribution in [2.24, 2.45) is 0 Å². The van der Waals surface area contributed by atoms with Crippen LogP contribution in [0.25, 0.3) is 0 Å². The minimum absolute atomic E-state index is 0.127. The van der Waals surface area contributed by atoms with E-state index in [4.69, 9.17) is 0 Å². The molecule has 2 rings (SSSR count). The fourth-order valence-corrected chi connectivity index (χ4v) is 2.39. The number of carbonyl (C=O) groups is 2. The van der Waals surface area contributed by atoms with Gasteiger partial charge in [0.25, 0.3) is 11.8 Å². The van der Waals surface area contributed by atoms with Gasteiger partial charge in [0.1, 0.15) is 0 Å². The fourth-order valence-electron chi connectivity index (χ4n) is 2.39. The molecular weight excluding hydrogens is 276 g/mol. The van der Waals surface area contributed by atoms with Crippen molar-refractivity contribution in [1.29, 1.82) is 0 Å².